The van der Waals surface area contributed by atoms with E-state index in [1.54, 1.807) is 42.5 Å². The number of nitrogens with zero attached hydrogens (tertiary/aromatic N) is 2. The molecule has 118 valence electrons. The summed E-state index contributed by atoms with van der Waals surface area (Å²) in [5.41, 5.74) is 1.18. The first-order valence-corrected chi connectivity index (χ1v) is 7.29. The Labute approximate surface area is 132 Å². The molecule has 0 saturated heterocycles. The van der Waals surface area contributed by atoms with Crippen LogP contribution in [0.15, 0.2) is 53.3 Å². The average Bonchev–Trinajstić information content (AvgIpc) is 2.89. The van der Waals surface area contributed by atoms with Gasteiger partial charge in [0.2, 0.25) is 0 Å². The van der Waals surface area contributed by atoms with Gasteiger partial charge >= 0.3 is 5.69 Å². The van der Waals surface area contributed by atoms with Crippen LogP contribution < -0.4 is 5.69 Å². The minimum absolute atomic E-state index is 0.188. The number of aryl methyl sites for hydroxylation is 1. The van der Waals surface area contributed by atoms with E-state index in [9.17, 15) is 14.3 Å². The number of nitrogens with one attached hydrogen (secondary N) is 1. The molecule has 0 fully saturated rings. The number of aromatic nitrogens is 3. The number of hydrogen-bond donors (Lipinski definition) is 2. The third-order valence-corrected chi connectivity index (χ3v) is 3.70. The first kappa shape index (κ1) is 15.0. The van der Waals surface area contributed by atoms with Crippen LogP contribution in [0, 0.1) is 5.82 Å². The van der Waals surface area contributed by atoms with Gasteiger partial charge in [-0.3, -0.25) is 4.57 Å². The van der Waals surface area contributed by atoms with Crippen LogP contribution in [-0.2, 0) is 19.4 Å². The quantitative estimate of drug-likeness (QED) is 0.759. The van der Waals surface area contributed by atoms with E-state index in [0.29, 0.717) is 30.8 Å². The van der Waals surface area contributed by atoms with Crippen LogP contribution in [0.25, 0.3) is 0 Å². The molecule has 0 aliphatic carbocycles. The minimum Gasteiger partial charge on any atom is -0.508 e. The minimum atomic E-state index is -0.310. The number of halogens is 1. The van der Waals surface area contributed by atoms with Crippen molar-refractivity contribution in [1.29, 1.82) is 0 Å². The van der Waals surface area contributed by atoms with Crippen molar-refractivity contribution in [3.8, 4) is 5.75 Å². The smallest absolute Gasteiger partial charge is 0.343 e. The van der Waals surface area contributed by atoms with E-state index in [1.165, 1.54) is 10.6 Å². The number of H-pyrrole nitrogens is 1. The van der Waals surface area contributed by atoms with Gasteiger partial charge in [0.25, 0.3) is 0 Å². The van der Waals surface area contributed by atoms with E-state index < -0.39 is 0 Å². The topological polar surface area (TPSA) is 70.9 Å². The molecular formula is C17H16FN3O2. The fourth-order valence-corrected chi connectivity index (χ4v) is 2.45. The fourth-order valence-electron chi connectivity index (χ4n) is 2.45. The maximum atomic E-state index is 13.7. The molecule has 0 amide bonds. The highest BCUT2D eigenvalue weighted by atomic mass is 19.1. The Bertz CT molecular complexity index is 853. The molecule has 1 aromatic heterocycles. The second-order valence-electron chi connectivity index (χ2n) is 5.28. The highest BCUT2D eigenvalue weighted by Gasteiger charge is 2.10. The second kappa shape index (κ2) is 6.48. The number of aromatic hydroxyl groups is 1. The Hall–Kier alpha value is -2.89. The summed E-state index contributed by atoms with van der Waals surface area (Å²) in [5, 5.41) is 15.8. The summed E-state index contributed by atoms with van der Waals surface area (Å²) in [7, 11) is 0. The van der Waals surface area contributed by atoms with Crippen molar-refractivity contribution in [2.75, 3.05) is 0 Å². The van der Waals surface area contributed by atoms with E-state index in [0.717, 1.165) is 5.56 Å². The van der Waals surface area contributed by atoms with Crippen molar-refractivity contribution in [2.24, 2.45) is 0 Å². The van der Waals surface area contributed by atoms with Gasteiger partial charge in [-0.05, 0) is 35.7 Å². The van der Waals surface area contributed by atoms with Crippen LogP contribution in [0.5, 0.6) is 5.75 Å². The van der Waals surface area contributed by atoms with Crippen LogP contribution >= 0.6 is 0 Å². The molecule has 1 heterocycles. The first-order valence-electron chi connectivity index (χ1n) is 7.29. The van der Waals surface area contributed by atoms with E-state index in [-0.39, 0.29) is 17.3 Å². The lowest BCUT2D eigenvalue weighted by Crippen LogP contribution is -2.20. The van der Waals surface area contributed by atoms with Gasteiger partial charge < -0.3 is 5.11 Å². The molecule has 0 aliphatic rings. The van der Waals surface area contributed by atoms with E-state index in [4.69, 9.17) is 0 Å². The molecule has 2 aromatic carbocycles. The fraction of sp³-hybridized carbons (Fsp3) is 0.176. The van der Waals surface area contributed by atoms with Crippen LogP contribution in [0.1, 0.15) is 17.0 Å². The Balaban J connectivity index is 1.77. The van der Waals surface area contributed by atoms with Gasteiger partial charge in [0, 0.05) is 13.0 Å². The number of rotatable bonds is 5. The van der Waals surface area contributed by atoms with E-state index in [1.807, 2.05) is 0 Å². The van der Waals surface area contributed by atoms with E-state index in [2.05, 4.69) is 10.2 Å². The molecule has 3 rings (SSSR count). The number of benzene rings is 2. The van der Waals surface area contributed by atoms with Gasteiger partial charge in [0.1, 0.15) is 17.4 Å². The summed E-state index contributed by atoms with van der Waals surface area (Å²) in [4.78, 5) is 11.9. The zero-order valence-corrected chi connectivity index (χ0v) is 12.4. The molecule has 0 saturated carbocycles. The third-order valence-electron chi connectivity index (χ3n) is 3.70. The van der Waals surface area contributed by atoms with Gasteiger partial charge in [-0.2, -0.15) is 5.10 Å². The summed E-state index contributed by atoms with van der Waals surface area (Å²) < 4.78 is 15.2. The summed E-state index contributed by atoms with van der Waals surface area (Å²) in [6.45, 7) is 0.351. The van der Waals surface area contributed by atoms with Crippen molar-refractivity contribution in [3.05, 3.63) is 81.8 Å². The first-order chi connectivity index (χ1) is 11.1. The standard InChI is InChI=1S/C17H16FN3O2/c18-15-4-2-1-3-13(15)9-10-21-16(19-20-17(21)23)11-12-5-7-14(22)8-6-12/h1-8,22H,9-11H2,(H,20,23). The Kier molecular flexibility index (Phi) is 4.23. The number of hydrogen-bond acceptors (Lipinski definition) is 3. The number of phenols is 1. The lowest BCUT2D eigenvalue weighted by atomic mass is 10.1. The SMILES string of the molecule is O=c1[nH]nc(Cc2ccc(O)cc2)n1CCc1ccccc1F. The molecule has 6 heteroatoms. The molecule has 0 aliphatic heterocycles. The lowest BCUT2D eigenvalue weighted by Gasteiger charge is -2.07. The summed E-state index contributed by atoms with van der Waals surface area (Å²) in [6.07, 6.45) is 0.866. The number of aromatic amines is 1. The lowest BCUT2D eigenvalue weighted by molar-refractivity contribution is 0.475. The normalized spacial score (nSPS) is 10.8. The van der Waals surface area contributed by atoms with Gasteiger partial charge in [-0.15, -0.1) is 0 Å². The molecule has 0 unspecified atom stereocenters. The summed E-state index contributed by atoms with van der Waals surface area (Å²) in [6, 6.07) is 13.2. The van der Waals surface area contributed by atoms with Crippen molar-refractivity contribution in [3.63, 3.8) is 0 Å². The number of phenolic OH excluding ortho intramolecular Hbond substituents is 1. The summed E-state index contributed by atoms with van der Waals surface area (Å²) in [5.74, 6) is 0.494. The Morgan fingerprint density at radius 1 is 1.13 bits per heavy atom. The predicted octanol–water partition coefficient (Wildman–Crippen LogP) is 2.25. The van der Waals surface area contributed by atoms with Crippen LogP contribution in [0.4, 0.5) is 4.39 Å². The molecule has 0 atom stereocenters. The highest BCUT2D eigenvalue weighted by molar-refractivity contribution is 5.27. The van der Waals surface area contributed by atoms with Crippen molar-refractivity contribution >= 4 is 0 Å². The van der Waals surface area contributed by atoms with Gasteiger partial charge in [-0.1, -0.05) is 30.3 Å². The molecular weight excluding hydrogens is 297 g/mol. The van der Waals surface area contributed by atoms with E-state index >= 15 is 0 Å². The van der Waals surface area contributed by atoms with Gasteiger partial charge in [0.05, 0.1) is 0 Å². The zero-order valence-electron chi connectivity index (χ0n) is 12.4. The second-order valence-corrected chi connectivity index (χ2v) is 5.28. The third kappa shape index (κ3) is 3.48. The van der Waals surface area contributed by atoms with Gasteiger partial charge in [-0.25, -0.2) is 14.3 Å². The maximum absolute atomic E-state index is 13.7. The van der Waals surface area contributed by atoms with Gasteiger partial charge in [0.15, 0.2) is 0 Å². The molecule has 0 bridgehead atoms. The largest absolute Gasteiger partial charge is 0.508 e. The van der Waals surface area contributed by atoms with Crippen LogP contribution in [0.2, 0.25) is 0 Å². The van der Waals surface area contributed by atoms with Crippen LogP contribution in [0.3, 0.4) is 0 Å². The Morgan fingerprint density at radius 2 is 1.87 bits per heavy atom. The maximum Gasteiger partial charge on any atom is 0.343 e. The van der Waals surface area contributed by atoms with Crippen LogP contribution in [-0.4, -0.2) is 19.9 Å². The average molecular weight is 313 g/mol. The molecule has 3 aromatic rings. The zero-order chi connectivity index (χ0) is 16.2. The highest BCUT2D eigenvalue weighted by Crippen LogP contribution is 2.13. The molecule has 0 spiro atoms. The molecule has 23 heavy (non-hydrogen) atoms. The Morgan fingerprint density at radius 3 is 2.61 bits per heavy atom. The summed E-state index contributed by atoms with van der Waals surface area (Å²) >= 11 is 0. The van der Waals surface area contributed by atoms with Crippen molar-refractivity contribution in [1.82, 2.24) is 14.8 Å². The monoisotopic (exact) mass is 313 g/mol. The molecule has 5 nitrogen and oxygen atoms in total. The van der Waals surface area contributed by atoms with Crippen molar-refractivity contribution in [2.45, 2.75) is 19.4 Å². The molecule has 2 N–H and O–H groups in total. The molecule has 0 radical (unpaired) electrons. The van der Waals surface area contributed by atoms with Crippen molar-refractivity contribution < 1.29 is 9.50 Å². The predicted molar refractivity (Wildman–Crippen MR) is 83.9 cm³/mol.